The highest BCUT2D eigenvalue weighted by atomic mass is 35.5. The first-order valence-electron chi connectivity index (χ1n) is 5.90. The lowest BCUT2D eigenvalue weighted by atomic mass is 9.67. The molecule has 1 saturated carbocycles. The van der Waals surface area contributed by atoms with Gasteiger partial charge in [0.05, 0.1) is 0 Å². The average Bonchev–Trinajstić information content (AvgIpc) is 2.66. The number of anilines is 1. The van der Waals surface area contributed by atoms with Gasteiger partial charge in [-0.05, 0) is 24.7 Å². The van der Waals surface area contributed by atoms with Gasteiger partial charge in [0.1, 0.15) is 0 Å². The van der Waals surface area contributed by atoms with Gasteiger partial charge in [-0.2, -0.15) is 0 Å². The van der Waals surface area contributed by atoms with Crippen molar-refractivity contribution < 1.29 is 4.42 Å². The summed E-state index contributed by atoms with van der Waals surface area (Å²) in [6.07, 6.45) is 5.80. The lowest BCUT2D eigenvalue weighted by Crippen LogP contribution is -2.35. The summed E-state index contributed by atoms with van der Waals surface area (Å²) in [5.41, 5.74) is 0.459. The van der Waals surface area contributed by atoms with Crippen molar-refractivity contribution in [3.63, 3.8) is 0 Å². The maximum absolute atomic E-state index is 5.60. The Bertz CT molecular complexity index is 330. The minimum Gasteiger partial charge on any atom is -0.408 e. The van der Waals surface area contributed by atoms with Crippen molar-refractivity contribution in [1.82, 2.24) is 10.2 Å². The Hall–Kier alpha value is -0.770. The van der Waals surface area contributed by atoms with Crippen molar-refractivity contribution in [2.75, 3.05) is 17.7 Å². The number of nitrogens with one attached hydrogen (secondary N) is 1. The average molecular weight is 244 g/mol. The fourth-order valence-electron chi connectivity index (χ4n) is 2.10. The molecular weight excluding hydrogens is 226 g/mol. The van der Waals surface area contributed by atoms with Crippen molar-refractivity contribution >= 4 is 17.6 Å². The van der Waals surface area contributed by atoms with Crippen molar-refractivity contribution in [3.05, 3.63) is 5.89 Å². The van der Waals surface area contributed by atoms with Crippen LogP contribution in [0.3, 0.4) is 0 Å². The summed E-state index contributed by atoms with van der Waals surface area (Å²) in [5.74, 6) is 1.12. The van der Waals surface area contributed by atoms with Crippen LogP contribution >= 0.6 is 11.6 Å². The molecule has 1 N–H and O–H groups in total. The minimum absolute atomic E-state index is 0.459. The summed E-state index contributed by atoms with van der Waals surface area (Å²) in [7, 11) is 0. The lowest BCUT2D eigenvalue weighted by Gasteiger charge is -2.41. The van der Waals surface area contributed by atoms with Crippen LogP contribution in [0.5, 0.6) is 0 Å². The molecule has 0 bridgehead atoms. The standard InChI is InChI=1S/C11H18ClN3O/c1-2-11(5-3-6-11)8-13-10-15-14-9(16-10)4-7-12/h2-8H2,1H3,(H,13,15). The second-order valence-electron chi connectivity index (χ2n) is 4.50. The molecular formula is C11H18ClN3O. The van der Waals surface area contributed by atoms with E-state index in [0.29, 0.717) is 29.6 Å². The molecule has 90 valence electrons. The number of hydrogen-bond acceptors (Lipinski definition) is 4. The van der Waals surface area contributed by atoms with E-state index in [2.05, 4.69) is 22.4 Å². The topological polar surface area (TPSA) is 51.0 Å². The number of rotatable bonds is 6. The Balaban J connectivity index is 1.84. The summed E-state index contributed by atoms with van der Waals surface area (Å²) >= 11 is 5.60. The number of halogens is 1. The molecule has 1 fully saturated rings. The van der Waals surface area contributed by atoms with E-state index in [1.807, 2.05) is 0 Å². The third kappa shape index (κ3) is 2.48. The van der Waals surface area contributed by atoms with E-state index in [9.17, 15) is 0 Å². The van der Waals surface area contributed by atoms with Gasteiger partial charge in [-0.1, -0.05) is 18.4 Å². The van der Waals surface area contributed by atoms with E-state index in [0.717, 1.165) is 6.54 Å². The molecule has 5 heteroatoms. The van der Waals surface area contributed by atoms with E-state index in [4.69, 9.17) is 16.0 Å². The van der Waals surface area contributed by atoms with Crippen LogP contribution < -0.4 is 5.32 Å². The zero-order valence-electron chi connectivity index (χ0n) is 9.63. The summed E-state index contributed by atoms with van der Waals surface area (Å²) in [6, 6.07) is 0.528. The predicted octanol–water partition coefficient (Wildman–Crippen LogP) is 2.84. The highest BCUT2D eigenvalue weighted by molar-refractivity contribution is 6.17. The molecule has 0 amide bonds. The van der Waals surface area contributed by atoms with Crippen LogP contribution in [0.2, 0.25) is 0 Å². The molecule has 1 aromatic rings. The van der Waals surface area contributed by atoms with Gasteiger partial charge in [-0.25, -0.2) is 0 Å². The van der Waals surface area contributed by atoms with Gasteiger partial charge in [-0.3, -0.25) is 0 Å². The van der Waals surface area contributed by atoms with E-state index in [1.54, 1.807) is 0 Å². The summed E-state index contributed by atoms with van der Waals surface area (Å²) in [5, 5.41) is 11.1. The van der Waals surface area contributed by atoms with Crippen LogP contribution in [0, 0.1) is 5.41 Å². The van der Waals surface area contributed by atoms with E-state index < -0.39 is 0 Å². The number of nitrogens with zero attached hydrogens (tertiary/aromatic N) is 2. The molecule has 0 aliphatic heterocycles. The Labute approximate surface area is 101 Å². The SMILES string of the molecule is CCC1(CNc2nnc(CCCl)o2)CCC1. The Morgan fingerprint density at radius 2 is 2.25 bits per heavy atom. The van der Waals surface area contributed by atoms with Gasteiger partial charge in [0.25, 0.3) is 0 Å². The summed E-state index contributed by atoms with van der Waals surface area (Å²) < 4.78 is 5.41. The maximum Gasteiger partial charge on any atom is 0.315 e. The third-order valence-corrected chi connectivity index (χ3v) is 3.74. The predicted molar refractivity (Wildman–Crippen MR) is 63.8 cm³/mol. The number of aryl methyl sites for hydroxylation is 1. The molecule has 0 spiro atoms. The first kappa shape index (κ1) is 11.7. The summed E-state index contributed by atoms with van der Waals surface area (Å²) in [6.45, 7) is 3.18. The van der Waals surface area contributed by atoms with Crippen molar-refractivity contribution in [2.45, 2.75) is 39.0 Å². The molecule has 16 heavy (non-hydrogen) atoms. The van der Waals surface area contributed by atoms with Gasteiger partial charge in [0.2, 0.25) is 5.89 Å². The van der Waals surface area contributed by atoms with Gasteiger partial charge in [-0.15, -0.1) is 16.7 Å². The second kappa shape index (κ2) is 5.04. The van der Waals surface area contributed by atoms with Crippen molar-refractivity contribution in [1.29, 1.82) is 0 Å². The smallest absolute Gasteiger partial charge is 0.315 e. The zero-order valence-corrected chi connectivity index (χ0v) is 10.4. The van der Waals surface area contributed by atoms with Crippen LogP contribution in [0.4, 0.5) is 6.01 Å². The van der Waals surface area contributed by atoms with Gasteiger partial charge in [0, 0.05) is 18.8 Å². The van der Waals surface area contributed by atoms with Gasteiger partial charge < -0.3 is 9.73 Å². The highest BCUT2D eigenvalue weighted by Gasteiger charge is 2.35. The molecule has 0 atom stereocenters. The second-order valence-corrected chi connectivity index (χ2v) is 4.88. The number of alkyl halides is 1. The molecule has 0 aromatic carbocycles. The molecule has 1 aromatic heterocycles. The first-order chi connectivity index (χ1) is 7.78. The highest BCUT2D eigenvalue weighted by Crippen LogP contribution is 2.43. The lowest BCUT2D eigenvalue weighted by molar-refractivity contribution is 0.144. The molecule has 2 rings (SSSR count). The van der Waals surface area contributed by atoms with Gasteiger partial charge in [0.15, 0.2) is 0 Å². The Kier molecular flexibility index (Phi) is 3.69. The normalized spacial score (nSPS) is 18.1. The first-order valence-corrected chi connectivity index (χ1v) is 6.44. The zero-order chi connectivity index (χ0) is 11.4. The van der Waals surface area contributed by atoms with E-state index in [-0.39, 0.29) is 0 Å². The molecule has 0 saturated heterocycles. The molecule has 1 aliphatic rings. The maximum atomic E-state index is 5.60. The van der Waals surface area contributed by atoms with E-state index in [1.165, 1.54) is 25.7 Å². The van der Waals surface area contributed by atoms with Crippen LogP contribution in [0.25, 0.3) is 0 Å². The molecule has 1 aliphatic carbocycles. The largest absolute Gasteiger partial charge is 0.408 e. The molecule has 0 radical (unpaired) electrons. The van der Waals surface area contributed by atoms with Gasteiger partial charge >= 0.3 is 6.01 Å². The molecule has 4 nitrogen and oxygen atoms in total. The van der Waals surface area contributed by atoms with Crippen LogP contribution in [0.1, 0.15) is 38.5 Å². The number of hydrogen-bond donors (Lipinski definition) is 1. The fourth-order valence-corrected chi connectivity index (χ4v) is 2.26. The summed E-state index contributed by atoms with van der Waals surface area (Å²) in [4.78, 5) is 0. The van der Waals surface area contributed by atoms with Crippen LogP contribution in [0.15, 0.2) is 4.42 Å². The molecule has 0 unspecified atom stereocenters. The van der Waals surface area contributed by atoms with E-state index >= 15 is 0 Å². The third-order valence-electron chi connectivity index (χ3n) is 3.55. The van der Waals surface area contributed by atoms with Crippen LogP contribution in [-0.2, 0) is 6.42 Å². The Morgan fingerprint density at radius 3 is 2.81 bits per heavy atom. The van der Waals surface area contributed by atoms with Crippen molar-refractivity contribution in [3.8, 4) is 0 Å². The monoisotopic (exact) mass is 243 g/mol. The minimum atomic E-state index is 0.459. The quantitative estimate of drug-likeness (QED) is 0.781. The number of aromatic nitrogens is 2. The van der Waals surface area contributed by atoms with Crippen LogP contribution in [-0.4, -0.2) is 22.6 Å². The van der Waals surface area contributed by atoms with Crippen molar-refractivity contribution in [2.24, 2.45) is 5.41 Å². The molecule has 1 heterocycles. The Morgan fingerprint density at radius 1 is 1.44 bits per heavy atom. The fraction of sp³-hybridized carbons (Fsp3) is 0.818.